The second-order valence-corrected chi connectivity index (χ2v) is 5.15. The Labute approximate surface area is 123 Å². The summed E-state index contributed by atoms with van der Waals surface area (Å²) in [5.41, 5.74) is 3.10. The van der Waals surface area contributed by atoms with Crippen LogP contribution in [0.25, 0.3) is 10.9 Å². The number of fused-ring (bicyclic) bond motifs is 1. The summed E-state index contributed by atoms with van der Waals surface area (Å²) in [7, 11) is 0. The average Bonchev–Trinajstić information content (AvgIpc) is 2.86. The quantitative estimate of drug-likeness (QED) is 0.677. The molecule has 1 heterocycles. The zero-order valence-corrected chi connectivity index (χ0v) is 12.3. The third-order valence-corrected chi connectivity index (χ3v) is 3.70. The first-order valence-electron chi connectivity index (χ1n) is 7.15. The molecule has 0 unspecified atom stereocenters. The Hall–Kier alpha value is -2.29. The lowest BCUT2D eigenvalue weighted by Gasteiger charge is -2.10. The molecule has 0 bridgehead atoms. The number of aromatic nitrogens is 1. The molecule has 0 saturated heterocycles. The molecule has 2 aromatic carbocycles. The van der Waals surface area contributed by atoms with E-state index in [4.69, 9.17) is 4.74 Å². The molecule has 0 N–H and O–H groups in total. The van der Waals surface area contributed by atoms with Gasteiger partial charge in [0.2, 0.25) is 0 Å². The fourth-order valence-electron chi connectivity index (χ4n) is 2.59. The minimum atomic E-state index is -0.184. The van der Waals surface area contributed by atoms with Crippen molar-refractivity contribution in [3.63, 3.8) is 0 Å². The van der Waals surface area contributed by atoms with E-state index in [1.807, 2.05) is 43.3 Å². The standard InChI is InChI=1S/C18H18FNO/c1-3-20-14(11-16-17(19)5-4-6-18(16)20)12-21-15-9-7-13(2)8-10-15/h4-11H,3,12H2,1-2H3. The Morgan fingerprint density at radius 2 is 1.86 bits per heavy atom. The maximum Gasteiger partial charge on any atom is 0.132 e. The molecule has 0 saturated carbocycles. The molecular weight excluding hydrogens is 265 g/mol. The van der Waals surface area contributed by atoms with Crippen LogP contribution in [0.3, 0.4) is 0 Å². The van der Waals surface area contributed by atoms with Crippen molar-refractivity contribution in [3.8, 4) is 5.75 Å². The van der Waals surface area contributed by atoms with E-state index in [9.17, 15) is 4.39 Å². The first kappa shape index (κ1) is 13.7. The SMILES string of the molecule is CCn1c(COc2ccc(C)cc2)cc2c(F)cccc21. The van der Waals surface area contributed by atoms with Crippen molar-refractivity contribution in [2.75, 3.05) is 0 Å². The van der Waals surface area contributed by atoms with Gasteiger partial charge in [0.05, 0.1) is 11.2 Å². The number of rotatable bonds is 4. The summed E-state index contributed by atoms with van der Waals surface area (Å²) in [6.07, 6.45) is 0. The van der Waals surface area contributed by atoms with Crippen molar-refractivity contribution in [2.45, 2.75) is 27.0 Å². The van der Waals surface area contributed by atoms with Gasteiger partial charge in [-0.25, -0.2) is 4.39 Å². The highest BCUT2D eigenvalue weighted by atomic mass is 19.1. The molecule has 0 aliphatic carbocycles. The molecule has 0 spiro atoms. The summed E-state index contributed by atoms with van der Waals surface area (Å²) >= 11 is 0. The second-order valence-electron chi connectivity index (χ2n) is 5.15. The van der Waals surface area contributed by atoms with Gasteiger partial charge in [-0.05, 0) is 44.2 Å². The van der Waals surface area contributed by atoms with Crippen LogP contribution in [0.1, 0.15) is 18.2 Å². The normalized spacial score (nSPS) is 11.0. The fourth-order valence-corrected chi connectivity index (χ4v) is 2.59. The molecule has 0 fully saturated rings. The smallest absolute Gasteiger partial charge is 0.132 e. The largest absolute Gasteiger partial charge is 0.487 e. The molecule has 1 aromatic heterocycles. The molecule has 108 valence electrons. The van der Waals surface area contributed by atoms with Crippen molar-refractivity contribution in [1.29, 1.82) is 0 Å². The van der Waals surface area contributed by atoms with E-state index in [0.717, 1.165) is 23.5 Å². The molecule has 0 aliphatic heterocycles. The lowest BCUT2D eigenvalue weighted by Crippen LogP contribution is -2.04. The number of nitrogens with zero attached hydrogens (tertiary/aromatic N) is 1. The molecular formula is C18H18FNO. The van der Waals surface area contributed by atoms with Crippen LogP contribution in [0.15, 0.2) is 48.5 Å². The van der Waals surface area contributed by atoms with E-state index < -0.39 is 0 Å². The summed E-state index contributed by atoms with van der Waals surface area (Å²) < 4.78 is 21.8. The van der Waals surface area contributed by atoms with Crippen LogP contribution in [0, 0.1) is 12.7 Å². The third-order valence-electron chi connectivity index (χ3n) is 3.70. The number of aryl methyl sites for hydroxylation is 2. The molecule has 0 amide bonds. The zero-order valence-electron chi connectivity index (χ0n) is 12.3. The van der Waals surface area contributed by atoms with E-state index >= 15 is 0 Å². The van der Waals surface area contributed by atoms with Gasteiger partial charge in [-0.3, -0.25) is 0 Å². The third kappa shape index (κ3) is 2.64. The summed E-state index contributed by atoms with van der Waals surface area (Å²) in [6, 6.07) is 15.0. The monoisotopic (exact) mass is 283 g/mol. The van der Waals surface area contributed by atoms with Crippen LogP contribution in [0.2, 0.25) is 0 Å². The first-order valence-corrected chi connectivity index (χ1v) is 7.15. The highest BCUT2D eigenvalue weighted by Gasteiger charge is 2.11. The highest BCUT2D eigenvalue weighted by Crippen LogP contribution is 2.24. The maximum atomic E-state index is 13.9. The lowest BCUT2D eigenvalue weighted by molar-refractivity contribution is 0.296. The van der Waals surface area contributed by atoms with E-state index in [2.05, 4.69) is 11.5 Å². The molecule has 2 nitrogen and oxygen atoms in total. The van der Waals surface area contributed by atoms with E-state index in [1.54, 1.807) is 6.07 Å². The molecule has 3 heteroatoms. The molecule has 3 aromatic rings. The van der Waals surface area contributed by atoms with Crippen molar-refractivity contribution < 1.29 is 9.13 Å². The topological polar surface area (TPSA) is 14.2 Å². The fraction of sp³-hybridized carbons (Fsp3) is 0.222. The van der Waals surface area contributed by atoms with E-state index in [0.29, 0.717) is 12.0 Å². The van der Waals surface area contributed by atoms with Crippen molar-refractivity contribution in [1.82, 2.24) is 4.57 Å². The summed E-state index contributed by atoms with van der Waals surface area (Å²) in [5, 5.41) is 0.654. The molecule has 0 aliphatic rings. The van der Waals surface area contributed by atoms with Crippen LogP contribution in [0.5, 0.6) is 5.75 Å². The van der Waals surface area contributed by atoms with Gasteiger partial charge in [0, 0.05) is 11.9 Å². The number of hydrogen-bond acceptors (Lipinski definition) is 1. The van der Waals surface area contributed by atoms with E-state index in [1.165, 1.54) is 11.6 Å². The van der Waals surface area contributed by atoms with Gasteiger partial charge in [0.25, 0.3) is 0 Å². The lowest BCUT2D eigenvalue weighted by atomic mass is 10.2. The van der Waals surface area contributed by atoms with Crippen LogP contribution in [0.4, 0.5) is 4.39 Å². The first-order chi connectivity index (χ1) is 10.2. The van der Waals surface area contributed by atoms with E-state index in [-0.39, 0.29) is 5.82 Å². The minimum Gasteiger partial charge on any atom is -0.487 e. The van der Waals surface area contributed by atoms with Gasteiger partial charge in [-0.15, -0.1) is 0 Å². The van der Waals surface area contributed by atoms with Crippen molar-refractivity contribution >= 4 is 10.9 Å². The predicted molar refractivity (Wildman–Crippen MR) is 83.1 cm³/mol. The molecule has 21 heavy (non-hydrogen) atoms. The van der Waals surface area contributed by atoms with Gasteiger partial charge < -0.3 is 9.30 Å². The maximum absolute atomic E-state index is 13.9. The van der Waals surface area contributed by atoms with Crippen LogP contribution >= 0.6 is 0 Å². The van der Waals surface area contributed by atoms with Crippen LogP contribution in [-0.4, -0.2) is 4.57 Å². The second kappa shape index (κ2) is 5.60. The van der Waals surface area contributed by atoms with Gasteiger partial charge in [-0.2, -0.15) is 0 Å². The van der Waals surface area contributed by atoms with Crippen molar-refractivity contribution in [3.05, 3.63) is 65.6 Å². The van der Waals surface area contributed by atoms with Crippen LogP contribution < -0.4 is 4.74 Å². The highest BCUT2D eigenvalue weighted by molar-refractivity contribution is 5.82. The number of benzene rings is 2. The minimum absolute atomic E-state index is 0.184. The Kier molecular flexibility index (Phi) is 3.65. The van der Waals surface area contributed by atoms with Crippen molar-refractivity contribution in [2.24, 2.45) is 0 Å². The molecule has 3 rings (SSSR count). The number of halogens is 1. The predicted octanol–water partition coefficient (Wildman–Crippen LogP) is 4.69. The number of ether oxygens (including phenoxy) is 1. The van der Waals surface area contributed by atoms with Gasteiger partial charge in [0.15, 0.2) is 0 Å². The van der Waals surface area contributed by atoms with Gasteiger partial charge in [-0.1, -0.05) is 23.8 Å². The Morgan fingerprint density at radius 1 is 1.10 bits per heavy atom. The average molecular weight is 283 g/mol. The summed E-state index contributed by atoms with van der Waals surface area (Å²) in [5.74, 6) is 0.644. The Morgan fingerprint density at radius 3 is 2.57 bits per heavy atom. The van der Waals surface area contributed by atoms with Gasteiger partial charge in [0.1, 0.15) is 18.2 Å². The van der Waals surface area contributed by atoms with Crippen LogP contribution in [-0.2, 0) is 13.2 Å². The Bertz CT molecular complexity index is 759. The van der Waals surface area contributed by atoms with Gasteiger partial charge >= 0.3 is 0 Å². The molecule has 0 atom stereocenters. The molecule has 0 radical (unpaired) electrons. The summed E-state index contributed by atoms with van der Waals surface area (Å²) in [4.78, 5) is 0. The summed E-state index contributed by atoms with van der Waals surface area (Å²) in [6.45, 7) is 5.33. The number of hydrogen-bond donors (Lipinski definition) is 0. The Balaban J connectivity index is 1.89. The zero-order chi connectivity index (χ0) is 14.8.